The summed E-state index contributed by atoms with van der Waals surface area (Å²) in [6, 6.07) is 25.1. The van der Waals surface area contributed by atoms with Crippen LogP contribution in [0.15, 0.2) is 91.0 Å². The van der Waals surface area contributed by atoms with Gasteiger partial charge in [0.2, 0.25) is 5.79 Å². The van der Waals surface area contributed by atoms with E-state index in [4.69, 9.17) is 21.1 Å². The minimum Gasteiger partial charge on any atom is -0.452 e. The van der Waals surface area contributed by atoms with Gasteiger partial charge in [0.05, 0.1) is 6.54 Å². The Hall–Kier alpha value is -4.60. The van der Waals surface area contributed by atoms with Crippen LogP contribution in [0.3, 0.4) is 0 Å². The SMILES string of the molecule is CC1(C)OC(=O)c2cc(N(Cc3ccc(C#Cc4ccc(Cl)cc4)cc3)C(=O)c3cccc(F)c3)ccc2O1. The normalized spacial score (nSPS) is 13.3. The molecule has 39 heavy (non-hydrogen) atoms. The Balaban J connectivity index is 1.45. The van der Waals surface area contributed by atoms with Crippen molar-refractivity contribution in [3.05, 3.63) is 130 Å². The van der Waals surface area contributed by atoms with Crippen LogP contribution in [0, 0.1) is 17.7 Å². The lowest BCUT2D eigenvalue weighted by Gasteiger charge is -2.32. The second-order valence-electron chi connectivity index (χ2n) is 9.43. The predicted octanol–water partition coefficient (Wildman–Crippen LogP) is 7.01. The van der Waals surface area contributed by atoms with E-state index in [0.29, 0.717) is 16.5 Å². The zero-order chi connectivity index (χ0) is 27.6. The molecule has 5 rings (SSSR count). The molecule has 194 valence electrons. The lowest BCUT2D eigenvalue weighted by Crippen LogP contribution is -2.39. The Bertz CT molecular complexity index is 1620. The van der Waals surface area contributed by atoms with Gasteiger partial charge in [-0.3, -0.25) is 4.79 Å². The van der Waals surface area contributed by atoms with Gasteiger partial charge in [0, 0.05) is 41.2 Å². The first-order chi connectivity index (χ1) is 18.7. The maximum atomic E-state index is 14.0. The summed E-state index contributed by atoms with van der Waals surface area (Å²) in [5, 5.41) is 0.648. The molecule has 1 heterocycles. The van der Waals surface area contributed by atoms with Gasteiger partial charge in [0.1, 0.15) is 17.1 Å². The van der Waals surface area contributed by atoms with E-state index in [9.17, 15) is 14.0 Å². The van der Waals surface area contributed by atoms with Crippen molar-refractivity contribution in [1.29, 1.82) is 0 Å². The summed E-state index contributed by atoms with van der Waals surface area (Å²) >= 11 is 5.93. The highest BCUT2D eigenvalue weighted by Gasteiger charge is 2.34. The number of carbonyl (C=O) groups is 2. The van der Waals surface area contributed by atoms with E-state index >= 15 is 0 Å². The average Bonchev–Trinajstić information content (AvgIpc) is 2.91. The molecule has 7 heteroatoms. The molecule has 0 fully saturated rings. The van der Waals surface area contributed by atoms with Crippen molar-refractivity contribution in [2.75, 3.05) is 4.90 Å². The Morgan fingerprint density at radius 3 is 2.23 bits per heavy atom. The van der Waals surface area contributed by atoms with Crippen molar-refractivity contribution in [3.8, 4) is 17.6 Å². The monoisotopic (exact) mass is 539 g/mol. The number of ether oxygens (including phenoxy) is 2. The summed E-state index contributed by atoms with van der Waals surface area (Å²) in [7, 11) is 0. The third-order valence-corrected chi connectivity index (χ3v) is 6.25. The number of halogens is 2. The van der Waals surface area contributed by atoms with E-state index < -0.39 is 23.5 Å². The van der Waals surface area contributed by atoms with Crippen LogP contribution in [0.4, 0.5) is 10.1 Å². The summed E-state index contributed by atoms with van der Waals surface area (Å²) < 4.78 is 25.1. The fourth-order valence-electron chi connectivity index (χ4n) is 4.11. The Kier molecular flexibility index (Phi) is 7.10. The van der Waals surface area contributed by atoms with Crippen LogP contribution >= 0.6 is 11.6 Å². The largest absolute Gasteiger partial charge is 0.452 e. The molecule has 0 spiro atoms. The molecule has 1 amide bonds. The van der Waals surface area contributed by atoms with E-state index in [1.54, 1.807) is 50.2 Å². The first-order valence-electron chi connectivity index (χ1n) is 12.2. The van der Waals surface area contributed by atoms with Gasteiger partial charge >= 0.3 is 5.97 Å². The van der Waals surface area contributed by atoms with E-state index in [1.807, 2.05) is 36.4 Å². The smallest absolute Gasteiger partial charge is 0.345 e. The Morgan fingerprint density at radius 1 is 0.897 bits per heavy atom. The molecule has 0 saturated carbocycles. The maximum Gasteiger partial charge on any atom is 0.345 e. The highest BCUT2D eigenvalue weighted by Crippen LogP contribution is 2.34. The summed E-state index contributed by atoms with van der Waals surface area (Å²) in [5.74, 6) is 3.98. The molecule has 0 atom stereocenters. The molecule has 0 N–H and O–H groups in total. The number of esters is 1. The van der Waals surface area contributed by atoms with Gasteiger partial charge in [-0.1, -0.05) is 41.6 Å². The lowest BCUT2D eigenvalue weighted by atomic mass is 10.1. The van der Waals surface area contributed by atoms with Crippen molar-refractivity contribution in [1.82, 2.24) is 0 Å². The van der Waals surface area contributed by atoms with Gasteiger partial charge < -0.3 is 14.4 Å². The summed E-state index contributed by atoms with van der Waals surface area (Å²) in [6.07, 6.45) is 0. The van der Waals surface area contributed by atoms with E-state index in [0.717, 1.165) is 16.7 Å². The molecule has 0 bridgehead atoms. The molecule has 4 aromatic carbocycles. The maximum absolute atomic E-state index is 14.0. The highest BCUT2D eigenvalue weighted by atomic mass is 35.5. The molecular formula is C32H23ClFNO4. The van der Waals surface area contributed by atoms with Crippen LogP contribution in [0.1, 0.15) is 51.3 Å². The lowest BCUT2D eigenvalue weighted by molar-refractivity contribution is -0.127. The van der Waals surface area contributed by atoms with Crippen LogP contribution in [0.25, 0.3) is 0 Å². The second kappa shape index (κ2) is 10.6. The van der Waals surface area contributed by atoms with Crippen LogP contribution in [0.2, 0.25) is 5.02 Å². The molecule has 4 aromatic rings. The number of nitrogens with zero attached hydrogens (tertiary/aromatic N) is 1. The van der Waals surface area contributed by atoms with Gasteiger partial charge in [-0.15, -0.1) is 0 Å². The molecule has 0 aliphatic carbocycles. The molecule has 5 nitrogen and oxygen atoms in total. The Labute approximate surface area is 230 Å². The quantitative estimate of drug-likeness (QED) is 0.207. The van der Waals surface area contributed by atoms with Crippen LogP contribution in [-0.4, -0.2) is 17.7 Å². The summed E-state index contributed by atoms with van der Waals surface area (Å²) in [5.41, 5.74) is 3.28. The summed E-state index contributed by atoms with van der Waals surface area (Å²) in [6.45, 7) is 3.45. The number of anilines is 1. The van der Waals surface area contributed by atoms with E-state index in [2.05, 4.69) is 11.8 Å². The van der Waals surface area contributed by atoms with Crippen LogP contribution in [-0.2, 0) is 11.3 Å². The summed E-state index contributed by atoms with van der Waals surface area (Å²) in [4.78, 5) is 27.7. The number of rotatable bonds is 4. The standard InChI is InChI=1S/C32H23ClFNO4/c1-32(2)38-29-17-16-27(19-28(29)31(37)39-32)35(30(36)24-4-3-5-26(34)18-24)20-23-10-8-21(9-11-23)6-7-22-12-14-25(33)15-13-22/h3-5,8-19H,20H2,1-2H3. The van der Waals surface area contributed by atoms with Crippen molar-refractivity contribution < 1.29 is 23.5 Å². The van der Waals surface area contributed by atoms with Crippen molar-refractivity contribution in [2.24, 2.45) is 0 Å². The molecular weight excluding hydrogens is 517 g/mol. The molecule has 0 radical (unpaired) electrons. The number of hydrogen-bond acceptors (Lipinski definition) is 4. The first kappa shape index (κ1) is 26.0. The van der Waals surface area contributed by atoms with Crippen LogP contribution < -0.4 is 9.64 Å². The number of carbonyl (C=O) groups excluding carboxylic acids is 2. The topological polar surface area (TPSA) is 55.8 Å². The number of hydrogen-bond donors (Lipinski definition) is 0. The molecule has 0 aromatic heterocycles. The predicted molar refractivity (Wildman–Crippen MR) is 147 cm³/mol. The van der Waals surface area contributed by atoms with Crippen molar-refractivity contribution in [2.45, 2.75) is 26.2 Å². The number of cyclic esters (lactones) is 1. The second-order valence-corrected chi connectivity index (χ2v) is 9.86. The first-order valence-corrected chi connectivity index (χ1v) is 12.5. The van der Waals surface area contributed by atoms with Crippen molar-refractivity contribution >= 4 is 29.2 Å². The third kappa shape index (κ3) is 6.11. The molecule has 0 unspecified atom stereocenters. The third-order valence-electron chi connectivity index (χ3n) is 6.00. The van der Waals surface area contributed by atoms with Gasteiger partial charge in [-0.05, 0) is 78.4 Å². The van der Waals surface area contributed by atoms with Crippen molar-refractivity contribution in [3.63, 3.8) is 0 Å². The minimum atomic E-state index is -1.10. The molecule has 0 saturated heterocycles. The highest BCUT2D eigenvalue weighted by molar-refractivity contribution is 6.30. The number of fused-ring (bicyclic) bond motifs is 1. The zero-order valence-electron chi connectivity index (χ0n) is 21.2. The van der Waals surface area contributed by atoms with E-state index in [-0.39, 0.29) is 17.7 Å². The molecule has 1 aliphatic rings. The number of benzene rings is 4. The average molecular weight is 540 g/mol. The van der Waals surface area contributed by atoms with Gasteiger partial charge in [0.15, 0.2) is 0 Å². The van der Waals surface area contributed by atoms with Gasteiger partial charge in [-0.25, -0.2) is 9.18 Å². The van der Waals surface area contributed by atoms with E-state index in [1.165, 1.54) is 23.1 Å². The Morgan fingerprint density at radius 2 is 1.56 bits per heavy atom. The van der Waals surface area contributed by atoms with Gasteiger partial charge in [0.25, 0.3) is 5.91 Å². The van der Waals surface area contributed by atoms with Crippen LogP contribution in [0.5, 0.6) is 5.75 Å². The zero-order valence-corrected chi connectivity index (χ0v) is 22.0. The molecule has 1 aliphatic heterocycles. The van der Waals surface area contributed by atoms with Gasteiger partial charge in [-0.2, -0.15) is 0 Å². The fourth-order valence-corrected chi connectivity index (χ4v) is 4.24. The minimum absolute atomic E-state index is 0.167. The fraction of sp³-hybridized carbons (Fsp3) is 0.125. The number of amides is 1.